The number of carbonyl (C=O) groups is 2. The minimum atomic E-state index is -0.662. The molecule has 1 N–H and O–H groups in total. The highest BCUT2D eigenvalue weighted by Crippen LogP contribution is 2.35. The second-order valence-electron chi connectivity index (χ2n) is 7.72. The third-order valence-corrected chi connectivity index (χ3v) is 6.63. The summed E-state index contributed by atoms with van der Waals surface area (Å²) in [6.45, 7) is 0.751. The number of nitrogens with one attached hydrogen (secondary N) is 1. The summed E-state index contributed by atoms with van der Waals surface area (Å²) in [7, 11) is 6.07. The average Bonchev–Trinajstić information content (AvgIpc) is 3.37. The third-order valence-electron chi connectivity index (χ3n) is 5.66. The van der Waals surface area contributed by atoms with Gasteiger partial charge in [0, 0.05) is 37.5 Å². The zero-order valence-electron chi connectivity index (χ0n) is 20.4. The van der Waals surface area contributed by atoms with Crippen molar-refractivity contribution in [1.82, 2.24) is 4.90 Å². The normalized spacial score (nSPS) is 15.2. The van der Waals surface area contributed by atoms with E-state index in [-0.39, 0.29) is 29.8 Å². The van der Waals surface area contributed by atoms with Gasteiger partial charge in [0.15, 0.2) is 17.8 Å². The number of likely N-dealkylation sites (tertiary alicyclic amines) is 1. The summed E-state index contributed by atoms with van der Waals surface area (Å²) in [5.74, 6) is 1.07. The summed E-state index contributed by atoms with van der Waals surface area (Å²) in [5, 5.41) is 2.70. The fourth-order valence-electron chi connectivity index (χ4n) is 4.01. The molecule has 0 unspecified atom stereocenters. The van der Waals surface area contributed by atoms with Crippen LogP contribution in [0.3, 0.4) is 0 Å². The van der Waals surface area contributed by atoms with E-state index >= 15 is 0 Å². The van der Waals surface area contributed by atoms with Crippen LogP contribution in [0.15, 0.2) is 47.4 Å². The van der Waals surface area contributed by atoms with Gasteiger partial charge < -0.3 is 28.6 Å². The van der Waals surface area contributed by atoms with Crippen molar-refractivity contribution in [3.05, 3.63) is 48.0 Å². The highest BCUT2D eigenvalue weighted by atomic mass is 32.2. The molecule has 190 valence electrons. The van der Waals surface area contributed by atoms with Gasteiger partial charge in [-0.1, -0.05) is 18.2 Å². The smallest absolute Gasteiger partial charge is 0.411 e. The van der Waals surface area contributed by atoms with Crippen LogP contribution in [0.25, 0.3) is 0 Å². The lowest BCUT2D eigenvalue weighted by atomic mass is 10.1. The molecule has 0 spiro atoms. The molecule has 2 aromatic rings. The van der Waals surface area contributed by atoms with E-state index in [2.05, 4.69) is 5.32 Å². The zero-order valence-corrected chi connectivity index (χ0v) is 21.3. The predicted octanol–water partition coefficient (Wildman–Crippen LogP) is 4.27. The van der Waals surface area contributed by atoms with Crippen molar-refractivity contribution >= 4 is 29.4 Å². The standard InChI is InChI=1S/C25H32N2O7S/c1-30-21-15-18(23(28)27-12-8-11-20(27)24(32-3)33-4)19(16-22(21)31-2)26-25(29)34-13-14-35-17-9-6-5-7-10-17/h5-7,9-10,15-16,20,24H,8,11-14H2,1-4H3,(H,26,29)/t20-/m0/s1. The molecule has 2 amide bonds. The Labute approximate surface area is 210 Å². The maximum Gasteiger partial charge on any atom is 0.411 e. The Balaban J connectivity index is 1.74. The van der Waals surface area contributed by atoms with Crippen molar-refractivity contribution in [3.8, 4) is 11.5 Å². The topological polar surface area (TPSA) is 95.6 Å². The van der Waals surface area contributed by atoms with E-state index in [1.54, 1.807) is 43.0 Å². The van der Waals surface area contributed by atoms with Gasteiger partial charge >= 0.3 is 6.09 Å². The summed E-state index contributed by atoms with van der Waals surface area (Å²) < 4.78 is 26.9. The molecule has 1 heterocycles. The van der Waals surface area contributed by atoms with Crippen molar-refractivity contribution in [2.24, 2.45) is 0 Å². The molecule has 0 radical (unpaired) electrons. The number of nitrogens with zero attached hydrogens (tertiary/aromatic N) is 1. The molecule has 9 nitrogen and oxygen atoms in total. The average molecular weight is 505 g/mol. The van der Waals surface area contributed by atoms with Gasteiger partial charge in [-0.25, -0.2) is 4.79 Å². The van der Waals surface area contributed by atoms with Gasteiger partial charge in [-0.15, -0.1) is 11.8 Å². The van der Waals surface area contributed by atoms with E-state index in [0.717, 1.165) is 17.7 Å². The van der Waals surface area contributed by atoms with E-state index in [1.807, 2.05) is 30.3 Å². The van der Waals surface area contributed by atoms with E-state index in [0.29, 0.717) is 23.8 Å². The first-order valence-electron chi connectivity index (χ1n) is 11.3. The molecule has 1 aliphatic heterocycles. The molecule has 1 aliphatic rings. The van der Waals surface area contributed by atoms with Crippen LogP contribution in [0.2, 0.25) is 0 Å². The fourth-order valence-corrected chi connectivity index (χ4v) is 4.76. The third kappa shape index (κ3) is 6.81. The maximum absolute atomic E-state index is 13.6. The summed E-state index contributed by atoms with van der Waals surface area (Å²) in [4.78, 5) is 29.0. The number of amides is 2. The number of rotatable bonds is 11. The quantitative estimate of drug-likeness (QED) is 0.275. The van der Waals surface area contributed by atoms with Gasteiger partial charge in [0.2, 0.25) is 0 Å². The van der Waals surface area contributed by atoms with Crippen LogP contribution < -0.4 is 14.8 Å². The number of hydrogen-bond donors (Lipinski definition) is 1. The first kappa shape index (κ1) is 26.7. The highest BCUT2D eigenvalue weighted by Gasteiger charge is 2.37. The van der Waals surface area contributed by atoms with Crippen molar-refractivity contribution in [3.63, 3.8) is 0 Å². The van der Waals surface area contributed by atoms with Crippen molar-refractivity contribution < 1.29 is 33.3 Å². The van der Waals surface area contributed by atoms with Gasteiger partial charge in [-0.2, -0.15) is 0 Å². The lowest BCUT2D eigenvalue weighted by Crippen LogP contribution is -2.44. The number of ether oxygens (including phenoxy) is 5. The molecular weight excluding hydrogens is 472 g/mol. The van der Waals surface area contributed by atoms with Crippen LogP contribution in [0.4, 0.5) is 10.5 Å². The molecule has 0 bridgehead atoms. The molecule has 3 rings (SSSR count). The first-order valence-corrected chi connectivity index (χ1v) is 12.2. The van der Waals surface area contributed by atoms with Crippen molar-refractivity contribution in [2.75, 3.05) is 52.7 Å². The molecule has 1 atom stereocenters. The maximum atomic E-state index is 13.6. The summed E-state index contributed by atoms with van der Waals surface area (Å²) in [6, 6.07) is 12.7. The Hall–Kier alpha value is -2.95. The minimum absolute atomic E-state index is 0.208. The lowest BCUT2D eigenvalue weighted by Gasteiger charge is -2.30. The predicted molar refractivity (Wildman–Crippen MR) is 134 cm³/mol. The van der Waals surface area contributed by atoms with Crippen LogP contribution in [-0.4, -0.2) is 76.6 Å². The van der Waals surface area contributed by atoms with Gasteiger partial charge in [0.25, 0.3) is 5.91 Å². The summed E-state index contributed by atoms with van der Waals surface area (Å²) in [5.41, 5.74) is 0.529. The first-order chi connectivity index (χ1) is 17.0. The number of hydrogen-bond acceptors (Lipinski definition) is 8. The molecule has 10 heteroatoms. The van der Waals surface area contributed by atoms with E-state index in [4.69, 9.17) is 23.7 Å². The second-order valence-corrected chi connectivity index (χ2v) is 8.89. The summed E-state index contributed by atoms with van der Waals surface area (Å²) >= 11 is 1.59. The summed E-state index contributed by atoms with van der Waals surface area (Å²) in [6.07, 6.45) is 0.348. The Morgan fingerprint density at radius 2 is 1.74 bits per heavy atom. The van der Waals surface area contributed by atoms with Crippen LogP contribution in [0, 0.1) is 0 Å². The minimum Gasteiger partial charge on any atom is -0.493 e. The molecule has 0 aliphatic carbocycles. The Morgan fingerprint density at radius 1 is 1.06 bits per heavy atom. The Kier molecular flexibility index (Phi) is 10.1. The Morgan fingerprint density at radius 3 is 2.40 bits per heavy atom. The van der Waals surface area contributed by atoms with Crippen molar-refractivity contribution in [2.45, 2.75) is 30.1 Å². The van der Waals surface area contributed by atoms with Crippen molar-refractivity contribution in [1.29, 1.82) is 0 Å². The monoisotopic (exact) mass is 504 g/mol. The number of methoxy groups -OCH3 is 4. The molecule has 0 aromatic heterocycles. The molecular formula is C25H32N2O7S. The van der Waals surface area contributed by atoms with E-state index in [9.17, 15) is 9.59 Å². The van der Waals surface area contributed by atoms with Crippen LogP contribution in [-0.2, 0) is 14.2 Å². The Bertz CT molecular complexity index is 985. The van der Waals surface area contributed by atoms with Gasteiger partial charge in [-0.3, -0.25) is 10.1 Å². The van der Waals surface area contributed by atoms with Crippen LogP contribution >= 0.6 is 11.8 Å². The molecule has 0 saturated carbocycles. The van der Waals surface area contributed by atoms with E-state index < -0.39 is 12.4 Å². The number of benzene rings is 2. The van der Waals surface area contributed by atoms with E-state index in [1.165, 1.54) is 14.2 Å². The number of thioether (sulfide) groups is 1. The second kappa shape index (κ2) is 13.2. The molecule has 2 aromatic carbocycles. The van der Waals surface area contributed by atoms with Gasteiger partial charge in [-0.05, 0) is 31.0 Å². The number of carbonyl (C=O) groups excluding carboxylic acids is 2. The van der Waals surface area contributed by atoms with Gasteiger partial charge in [0.1, 0.15) is 6.61 Å². The highest BCUT2D eigenvalue weighted by molar-refractivity contribution is 7.99. The zero-order chi connectivity index (χ0) is 25.2. The van der Waals surface area contributed by atoms with Crippen LogP contribution in [0.1, 0.15) is 23.2 Å². The molecule has 1 saturated heterocycles. The fraction of sp³-hybridized carbons (Fsp3) is 0.440. The SMILES string of the molecule is COc1cc(NC(=O)OCCSc2ccccc2)c(C(=O)N2CCC[C@H]2C(OC)OC)cc1OC. The lowest BCUT2D eigenvalue weighted by molar-refractivity contribution is -0.134. The van der Waals surface area contributed by atoms with Gasteiger partial charge in [0.05, 0.1) is 31.5 Å². The number of anilines is 1. The molecule has 35 heavy (non-hydrogen) atoms. The molecule has 1 fully saturated rings. The largest absolute Gasteiger partial charge is 0.493 e. The van der Waals surface area contributed by atoms with Crippen LogP contribution in [0.5, 0.6) is 11.5 Å².